The maximum Gasteiger partial charge on any atom is 0.141 e. The van der Waals surface area contributed by atoms with Gasteiger partial charge in [-0.05, 0) is 31.5 Å². The van der Waals surface area contributed by atoms with E-state index in [1.807, 2.05) is 6.92 Å². The highest BCUT2D eigenvalue weighted by atomic mass is 19.1. The molecule has 0 bridgehead atoms. The van der Waals surface area contributed by atoms with Crippen LogP contribution >= 0.6 is 0 Å². The molecule has 0 radical (unpaired) electrons. The van der Waals surface area contributed by atoms with Gasteiger partial charge in [0.15, 0.2) is 0 Å². The van der Waals surface area contributed by atoms with E-state index in [2.05, 4.69) is 17.2 Å². The minimum Gasteiger partial charge on any atom is -0.310 e. The van der Waals surface area contributed by atoms with Crippen LogP contribution in [0.25, 0.3) is 0 Å². The first-order valence-electron chi connectivity index (χ1n) is 7.08. The summed E-state index contributed by atoms with van der Waals surface area (Å²) in [4.78, 5) is 3.87. The first-order chi connectivity index (χ1) is 8.74. The molecular formula is C15H25FN2. The molecule has 0 aliphatic rings. The number of rotatable bonds is 9. The topological polar surface area (TPSA) is 24.9 Å². The standard InChI is InChI=1S/C15H25FN2/c1-3-4-5-6-7-8-9-18-13(2)14-10-15(16)12-17-11-14/h10-13,18H,3-9H2,1-2H3. The van der Waals surface area contributed by atoms with Crippen molar-refractivity contribution in [1.29, 1.82) is 0 Å². The average Bonchev–Trinajstić information content (AvgIpc) is 2.37. The van der Waals surface area contributed by atoms with Crippen molar-refractivity contribution in [2.45, 2.75) is 58.4 Å². The monoisotopic (exact) mass is 252 g/mol. The van der Waals surface area contributed by atoms with Gasteiger partial charge in [0.25, 0.3) is 0 Å². The van der Waals surface area contributed by atoms with E-state index in [9.17, 15) is 4.39 Å². The number of nitrogens with one attached hydrogen (secondary N) is 1. The molecular weight excluding hydrogens is 227 g/mol. The Morgan fingerprint density at radius 3 is 2.61 bits per heavy atom. The van der Waals surface area contributed by atoms with Crippen molar-refractivity contribution >= 4 is 0 Å². The van der Waals surface area contributed by atoms with Crippen molar-refractivity contribution in [1.82, 2.24) is 10.3 Å². The van der Waals surface area contributed by atoms with Gasteiger partial charge in [-0.3, -0.25) is 4.98 Å². The summed E-state index contributed by atoms with van der Waals surface area (Å²) in [6.45, 7) is 5.27. The number of pyridine rings is 1. The molecule has 18 heavy (non-hydrogen) atoms. The van der Waals surface area contributed by atoms with E-state index < -0.39 is 0 Å². The van der Waals surface area contributed by atoms with Crippen molar-refractivity contribution < 1.29 is 4.39 Å². The highest BCUT2D eigenvalue weighted by Gasteiger charge is 2.05. The molecule has 0 fully saturated rings. The van der Waals surface area contributed by atoms with Gasteiger partial charge in [-0.25, -0.2) is 4.39 Å². The van der Waals surface area contributed by atoms with Crippen LogP contribution in [0.4, 0.5) is 4.39 Å². The number of nitrogens with zero attached hydrogens (tertiary/aromatic N) is 1. The summed E-state index contributed by atoms with van der Waals surface area (Å²) in [6, 6.07) is 1.72. The minimum absolute atomic E-state index is 0.170. The van der Waals surface area contributed by atoms with Crippen LogP contribution in [0.3, 0.4) is 0 Å². The maximum absolute atomic E-state index is 13.0. The molecule has 1 rings (SSSR count). The van der Waals surface area contributed by atoms with Crippen LogP contribution in [0.2, 0.25) is 0 Å². The molecule has 0 saturated heterocycles. The molecule has 1 atom stereocenters. The van der Waals surface area contributed by atoms with Crippen molar-refractivity contribution in [2.24, 2.45) is 0 Å². The van der Waals surface area contributed by atoms with E-state index in [-0.39, 0.29) is 11.9 Å². The number of hydrogen-bond donors (Lipinski definition) is 1. The molecule has 2 nitrogen and oxygen atoms in total. The van der Waals surface area contributed by atoms with Gasteiger partial charge in [-0.2, -0.15) is 0 Å². The fraction of sp³-hybridized carbons (Fsp3) is 0.667. The minimum atomic E-state index is -0.263. The van der Waals surface area contributed by atoms with Crippen LogP contribution in [0.15, 0.2) is 18.5 Å². The Labute approximate surface area is 110 Å². The molecule has 1 aromatic rings. The molecule has 102 valence electrons. The predicted octanol–water partition coefficient (Wildman–Crippen LogP) is 4.23. The summed E-state index contributed by atoms with van der Waals surface area (Å²) in [5.41, 5.74) is 0.918. The van der Waals surface area contributed by atoms with Gasteiger partial charge < -0.3 is 5.32 Å². The summed E-state index contributed by atoms with van der Waals surface area (Å²) in [6.07, 6.45) is 10.7. The van der Waals surface area contributed by atoms with E-state index in [1.165, 1.54) is 44.7 Å². The van der Waals surface area contributed by atoms with Gasteiger partial charge in [0, 0.05) is 12.2 Å². The number of hydrogen-bond acceptors (Lipinski definition) is 2. The number of aromatic nitrogens is 1. The lowest BCUT2D eigenvalue weighted by atomic mass is 10.1. The summed E-state index contributed by atoms with van der Waals surface area (Å²) >= 11 is 0. The molecule has 0 aliphatic heterocycles. The van der Waals surface area contributed by atoms with Crippen LogP contribution in [0.1, 0.15) is 64.0 Å². The summed E-state index contributed by atoms with van der Waals surface area (Å²) in [5, 5.41) is 3.41. The first kappa shape index (κ1) is 15.1. The Kier molecular flexibility index (Phi) is 7.58. The van der Waals surface area contributed by atoms with Gasteiger partial charge in [0.2, 0.25) is 0 Å². The second-order valence-electron chi connectivity index (χ2n) is 4.88. The second kappa shape index (κ2) is 9.03. The largest absolute Gasteiger partial charge is 0.310 e. The van der Waals surface area contributed by atoms with E-state index in [0.717, 1.165) is 12.1 Å². The zero-order valence-electron chi connectivity index (χ0n) is 11.6. The molecule has 0 aromatic carbocycles. The van der Waals surface area contributed by atoms with E-state index in [4.69, 9.17) is 0 Å². The Morgan fingerprint density at radius 2 is 1.89 bits per heavy atom. The Balaban J connectivity index is 2.12. The Hall–Kier alpha value is -0.960. The molecule has 0 aliphatic carbocycles. The molecule has 0 saturated carbocycles. The van der Waals surface area contributed by atoms with Crippen LogP contribution in [0.5, 0.6) is 0 Å². The van der Waals surface area contributed by atoms with Gasteiger partial charge >= 0.3 is 0 Å². The molecule has 0 spiro atoms. The number of unbranched alkanes of at least 4 members (excludes halogenated alkanes) is 5. The lowest BCUT2D eigenvalue weighted by Crippen LogP contribution is -2.20. The SMILES string of the molecule is CCCCCCCCNC(C)c1cncc(F)c1. The molecule has 1 heterocycles. The normalized spacial score (nSPS) is 12.6. The van der Waals surface area contributed by atoms with Crippen molar-refractivity contribution in [2.75, 3.05) is 6.54 Å². The third kappa shape index (κ3) is 6.10. The second-order valence-corrected chi connectivity index (χ2v) is 4.88. The molecule has 1 aromatic heterocycles. The zero-order chi connectivity index (χ0) is 13.2. The van der Waals surface area contributed by atoms with Gasteiger partial charge in [-0.1, -0.05) is 39.0 Å². The van der Waals surface area contributed by atoms with Gasteiger partial charge in [0.05, 0.1) is 6.20 Å². The maximum atomic E-state index is 13.0. The van der Waals surface area contributed by atoms with Gasteiger partial charge in [-0.15, -0.1) is 0 Å². The lowest BCUT2D eigenvalue weighted by Gasteiger charge is -2.13. The summed E-state index contributed by atoms with van der Waals surface area (Å²) < 4.78 is 13.0. The average molecular weight is 252 g/mol. The third-order valence-corrected chi connectivity index (χ3v) is 3.21. The number of halogens is 1. The van der Waals surface area contributed by atoms with Gasteiger partial charge in [0.1, 0.15) is 5.82 Å². The highest BCUT2D eigenvalue weighted by Crippen LogP contribution is 2.12. The highest BCUT2D eigenvalue weighted by molar-refractivity contribution is 5.14. The van der Waals surface area contributed by atoms with E-state index in [0.29, 0.717) is 0 Å². The van der Waals surface area contributed by atoms with Crippen molar-refractivity contribution in [3.63, 3.8) is 0 Å². The fourth-order valence-electron chi connectivity index (χ4n) is 2.01. The van der Waals surface area contributed by atoms with Crippen LogP contribution < -0.4 is 5.32 Å². The third-order valence-electron chi connectivity index (χ3n) is 3.21. The Bertz CT molecular complexity index is 328. The lowest BCUT2D eigenvalue weighted by molar-refractivity contribution is 0.522. The molecule has 1 unspecified atom stereocenters. The molecule has 0 amide bonds. The van der Waals surface area contributed by atoms with Crippen molar-refractivity contribution in [3.05, 3.63) is 29.8 Å². The summed E-state index contributed by atoms with van der Waals surface area (Å²) in [5.74, 6) is -0.263. The molecule has 1 N–H and O–H groups in total. The van der Waals surface area contributed by atoms with Crippen molar-refractivity contribution in [3.8, 4) is 0 Å². The van der Waals surface area contributed by atoms with Crippen LogP contribution in [0, 0.1) is 5.82 Å². The Morgan fingerprint density at radius 1 is 1.17 bits per heavy atom. The zero-order valence-corrected chi connectivity index (χ0v) is 11.6. The molecule has 3 heteroatoms. The smallest absolute Gasteiger partial charge is 0.141 e. The quantitative estimate of drug-likeness (QED) is 0.665. The first-order valence-corrected chi connectivity index (χ1v) is 7.08. The summed E-state index contributed by atoms with van der Waals surface area (Å²) in [7, 11) is 0. The van der Waals surface area contributed by atoms with E-state index in [1.54, 1.807) is 12.3 Å². The predicted molar refractivity (Wildman–Crippen MR) is 74.0 cm³/mol. The van der Waals surface area contributed by atoms with Crippen LogP contribution in [-0.2, 0) is 0 Å². The van der Waals surface area contributed by atoms with Crippen LogP contribution in [-0.4, -0.2) is 11.5 Å². The van der Waals surface area contributed by atoms with E-state index >= 15 is 0 Å². The fourth-order valence-corrected chi connectivity index (χ4v) is 2.01.